The molecule has 17 heavy (non-hydrogen) atoms. The maximum absolute atomic E-state index is 10.6. The zero-order valence-electron chi connectivity index (χ0n) is 8.81. The third-order valence-corrected chi connectivity index (χ3v) is 2.79. The van der Waals surface area contributed by atoms with Gasteiger partial charge in [-0.1, -0.05) is 5.16 Å². The van der Waals surface area contributed by atoms with Crippen LogP contribution in [0.1, 0.15) is 10.6 Å². The lowest BCUT2D eigenvalue weighted by Gasteiger charge is -2.03. The molecule has 2 aromatic rings. The fraction of sp³-hybridized carbons (Fsp3) is 0.0909. The van der Waals surface area contributed by atoms with Crippen molar-refractivity contribution >= 4 is 21.9 Å². The van der Waals surface area contributed by atoms with Crippen LogP contribution in [0.5, 0.6) is 5.75 Å². The third-order valence-electron chi connectivity index (χ3n) is 2.17. The first-order valence-corrected chi connectivity index (χ1v) is 5.45. The smallest absolute Gasteiger partial charge is 0.374 e. The lowest BCUT2D eigenvalue weighted by Crippen LogP contribution is -1.91. The Labute approximate surface area is 105 Å². The van der Waals surface area contributed by atoms with E-state index >= 15 is 0 Å². The van der Waals surface area contributed by atoms with E-state index in [1.807, 2.05) is 0 Å². The monoisotopic (exact) mass is 297 g/mol. The molecule has 2 rings (SSSR count). The molecule has 0 amide bonds. The van der Waals surface area contributed by atoms with Crippen molar-refractivity contribution in [3.63, 3.8) is 0 Å². The summed E-state index contributed by atoms with van der Waals surface area (Å²) < 4.78 is 10.5. The third kappa shape index (κ3) is 2.31. The Bertz CT molecular complexity index is 564. The van der Waals surface area contributed by atoms with Crippen molar-refractivity contribution in [1.29, 1.82) is 0 Å². The van der Waals surface area contributed by atoms with Crippen molar-refractivity contribution in [2.45, 2.75) is 0 Å². The molecule has 1 aromatic carbocycles. The standard InChI is InChI=1S/C11H8BrNO4/c1-16-9-3-2-6(4-7(9)12)8-5-10(11(14)15)17-13-8/h2-5H,1H3,(H,14,15). The number of halogens is 1. The van der Waals surface area contributed by atoms with E-state index in [2.05, 4.69) is 25.6 Å². The van der Waals surface area contributed by atoms with Gasteiger partial charge >= 0.3 is 5.97 Å². The van der Waals surface area contributed by atoms with Gasteiger partial charge in [0.25, 0.3) is 0 Å². The second kappa shape index (κ2) is 4.58. The second-order valence-corrected chi connectivity index (χ2v) is 4.09. The molecule has 0 bridgehead atoms. The van der Waals surface area contributed by atoms with E-state index < -0.39 is 5.97 Å². The van der Waals surface area contributed by atoms with Crippen LogP contribution in [0.3, 0.4) is 0 Å². The molecular weight excluding hydrogens is 290 g/mol. The molecule has 0 aliphatic heterocycles. The van der Waals surface area contributed by atoms with E-state index in [-0.39, 0.29) is 5.76 Å². The molecule has 5 nitrogen and oxygen atoms in total. The highest BCUT2D eigenvalue weighted by molar-refractivity contribution is 9.10. The summed E-state index contributed by atoms with van der Waals surface area (Å²) in [6, 6.07) is 6.68. The topological polar surface area (TPSA) is 72.6 Å². The van der Waals surface area contributed by atoms with Gasteiger partial charge in [0.1, 0.15) is 11.4 Å². The molecule has 1 N–H and O–H groups in total. The quantitative estimate of drug-likeness (QED) is 0.943. The van der Waals surface area contributed by atoms with Crippen LogP contribution < -0.4 is 4.74 Å². The lowest BCUT2D eigenvalue weighted by molar-refractivity contribution is 0.0652. The van der Waals surface area contributed by atoms with Crippen LogP contribution in [0, 0.1) is 0 Å². The van der Waals surface area contributed by atoms with E-state index in [9.17, 15) is 4.79 Å². The van der Waals surface area contributed by atoms with Gasteiger partial charge in [-0.3, -0.25) is 0 Å². The van der Waals surface area contributed by atoms with Crippen LogP contribution in [0.2, 0.25) is 0 Å². The Balaban J connectivity index is 2.39. The molecule has 0 atom stereocenters. The van der Waals surface area contributed by atoms with E-state index in [0.717, 1.165) is 10.0 Å². The maximum atomic E-state index is 10.6. The summed E-state index contributed by atoms with van der Waals surface area (Å²) in [5, 5.41) is 12.4. The number of carboxylic acid groups (broad SMARTS) is 1. The van der Waals surface area contributed by atoms with Crippen molar-refractivity contribution in [2.24, 2.45) is 0 Å². The molecule has 6 heteroatoms. The minimum absolute atomic E-state index is 0.188. The Morgan fingerprint density at radius 2 is 2.24 bits per heavy atom. The zero-order valence-corrected chi connectivity index (χ0v) is 10.4. The number of aromatic nitrogens is 1. The molecular formula is C11H8BrNO4. The Morgan fingerprint density at radius 1 is 1.47 bits per heavy atom. The van der Waals surface area contributed by atoms with Crippen molar-refractivity contribution in [3.05, 3.63) is 34.5 Å². The van der Waals surface area contributed by atoms with E-state index in [0.29, 0.717) is 11.4 Å². The van der Waals surface area contributed by atoms with Crippen molar-refractivity contribution in [3.8, 4) is 17.0 Å². The predicted octanol–water partition coefficient (Wildman–Crippen LogP) is 2.81. The summed E-state index contributed by atoms with van der Waals surface area (Å²) in [6.45, 7) is 0. The normalized spacial score (nSPS) is 10.2. The number of ether oxygens (including phenoxy) is 1. The van der Waals surface area contributed by atoms with Gasteiger partial charge in [0.15, 0.2) is 0 Å². The van der Waals surface area contributed by atoms with Crippen molar-refractivity contribution in [2.75, 3.05) is 7.11 Å². The van der Waals surface area contributed by atoms with Crippen LogP contribution in [-0.4, -0.2) is 23.3 Å². The first-order chi connectivity index (χ1) is 8.11. The van der Waals surface area contributed by atoms with E-state index in [1.165, 1.54) is 6.07 Å². The highest BCUT2D eigenvalue weighted by Gasteiger charge is 2.13. The van der Waals surface area contributed by atoms with Gasteiger partial charge in [-0.05, 0) is 34.1 Å². The number of carbonyl (C=O) groups is 1. The first-order valence-electron chi connectivity index (χ1n) is 4.65. The zero-order chi connectivity index (χ0) is 12.4. The lowest BCUT2D eigenvalue weighted by atomic mass is 10.1. The van der Waals surface area contributed by atoms with Gasteiger partial charge in [-0.15, -0.1) is 0 Å². The number of hydrogen-bond acceptors (Lipinski definition) is 4. The summed E-state index contributed by atoms with van der Waals surface area (Å²) in [5.74, 6) is -0.640. The predicted molar refractivity (Wildman–Crippen MR) is 63.2 cm³/mol. The van der Waals surface area contributed by atoms with Gasteiger partial charge < -0.3 is 14.4 Å². The number of benzene rings is 1. The highest BCUT2D eigenvalue weighted by Crippen LogP contribution is 2.30. The van der Waals surface area contributed by atoms with Gasteiger partial charge in [0, 0.05) is 11.6 Å². The van der Waals surface area contributed by atoms with Crippen LogP contribution >= 0.6 is 15.9 Å². The number of aromatic carboxylic acids is 1. The average molecular weight is 298 g/mol. The largest absolute Gasteiger partial charge is 0.496 e. The Hall–Kier alpha value is -1.82. The fourth-order valence-electron chi connectivity index (χ4n) is 1.34. The maximum Gasteiger partial charge on any atom is 0.374 e. The van der Waals surface area contributed by atoms with Crippen LogP contribution in [0.4, 0.5) is 0 Å². The molecule has 0 fully saturated rings. The van der Waals surface area contributed by atoms with Gasteiger partial charge in [0.2, 0.25) is 5.76 Å². The van der Waals surface area contributed by atoms with Gasteiger partial charge in [0.05, 0.1) is 11.6 Å². The van der Waals surface area contributed by atoms with Gasteiger partial charge in [-0.2, -0.15) is 0 Å². The molecule has 0 radical (unpaired) electrons. The van der Waals surface area contributed by atoms with E-state index in [4.69, 9.17) is 9.84 Å². The number of hydrogen-bond donors (Lipinski definition) is 1. The molecule has 0 spiro atoms. The number of nitrogens with zero attached hydrogens (tertiary/aromatic N) is 1. The molecule has 0 saturated heterocycles. The van der Waals surface area contributed by atoms with Gasteiger partial charge in [-0.25, -0.2) is 4.79 Å². The molecule has 0 saturated carbocycles. The molecule has 0 aliphatic rings. The number of rotatable bonds is 3. The molecule has 88 valence electrons. The Kier molecular flexibility index (Phi) is 3.14. The van der Waals surface area contributed by atoms with Crippen LogP contribution in [0.25, 0.3) is 11.3 Å². The number of methoxy groups -OCH3 is 1. The summed E-state index contributed by atoms with van der Waals surface area (Å²) in [5.41, 5.74) is 1.21. The average Bonchev–Trinajstić information content (AvgIpc) is 2.78. The molecule has 0 unspecified atom stereocenters. The Morgan fingerprint density at radius 3 is 2.76 bits per heavy atom. The second-order valence-electron chi connectivity index (χ2n) is 3.23. The molecule has 0 aliphatic carbocycles. The minimum Gasteiger partial charge on any atom is -0.496 e. The summed E-state index contributed by atoms with van der Waals surface area (Å²) in [7, 11) is 1.57. The summed E-state index contributed by atoms with van der Waals surface area (Å²) >= 11 is 3.34. The van der Waals surface area contributed by atoms with Crippen LogP contribution in [-0.2, 0) is 0 Å². The molecule has 1 heterocycles. The minimum atomic E-state index is -1.14. The van der Waals surface area contributed by atoms with Crippen molar-refractivity contribution in [1.82, 2.24) is 5.16 Å². The SMILES string of the molecule is COc1ccc(-c2cc(C(=O)O)on2)cc1Br. The van der Waals surface area contributed by atoms with E-state index in [1.54, 1.807) is 25.3 Å². The first kappa shape index (κ1) is 11.7. The number of carboxylic acids is 1. The summed E-state index contributed by atoms with van der Waals surface area (Å²) in [4.78, 5) is 10.6. The summed E-state index contributed by atoms with van der Waals surface area (Å²) in [6.07, 6.45) is 0. The molecule has 1 aromatic heterocycles. The van der Waals surface area contributed by atoms with Crippen LogP contribution in [0.15, 0.2) is 33.3 Å². The highest BCUT2D eigenvalue weighted by atomic mass is 79.9. The van der Waals surface area contributed by atoms with Crippen molar-refractivity contribution < 1.29 is 19.2 Å². The fourth-order valence-corrected chi connectivity index (χ4v) is 1.88.